The summed E-state index contributed by atoms with van der Waals surface area (Å²) in [6.45, 7) is 10.1. The molecule has 2 amide bonds. The van der Waals surface area contributed by atoms with Crippen molar-refractivity contribution < 1.29 is 24.5 Å². The maximum atomic E-state index is 11.5. The Morgan fingerprint density at radius 3 is 2.14 bits per heavy atom. The van der Waals surface area contributed by atoms with E-state index in [1.807, 2.05) is 20.8 Å². The fraction of sp³-hybridized carbons (Fsp3) is 0.895. The summed E-state index contributed by atoms with van der Waals surface area (Å²) in [5.74, 6) is -0.396. The van der Waals surface area contributed by atoms with Gasteiger partial charge in [0.1, 0.15) is 5.60 Å². The number of carbonyl (C=O) groups excluding carboxylic acids is 2. The van der Waals surface area contributed by atoms with Crippen LogP contribution in [0.1, 0.15) is 53.4 Å². The minimum absolute atomic E-state index is 0.155. The molecular weight excluding hydrogens is 364 g/mol. The Morgan fingerprint density at radius 2 is 1.68 bits per heavy atom. The van der Waals surface area contributed by atoms with Gasteiger partial charge in [-0.1, -0.05) is 0 Å². The first-order valence-electron chi connectivity index (χ1n) is 10.1. The third kappa shape index (κ3) is 9.68. The van der Waals surface area contributed by atoms with Gasteiger partial charge in [-0.3, -0.25) is 4.79 Å². The van der Waals surface area contributed by atoms with Gasteiger partial charge < -0.3 is 36.2 Å². The number of carbonyl (C=O) groups is 2. The van der Waals surface area contributed by atoms with E-state index in [4.69, 9.17) is 15.6 Å². The predicted octanol–water partition coefficient (Wildman–Crippen LogP) is -0.0591. The molecule has 164 valence electrons. The lowest BCUT2D eigenvalue weighted by atomic mass is 10.0. The van der Waals surface area contributed by atoms with Crippen molar-refractivity contribution in [2.45, 2.75) is 83.3 Å². The number of nitrogens with one attached hydrogen (secondary N) is 2. The Bertz CT molecular complexity index is 481. The Labute approximate surface area is 168 Å². The number of aliphatic hydroxyl groups excluding tert-OH is 2. The van der Waals surface area contributed by atoms with Crippen molar-refractivity contribution in [1.29, 1.82) is 0 Å². The van der Waals surface area contributed by atoms with Crippen LogP contribution in [0.25, 0.3) is 0 Å². The minimum atomic E-state index is -1.30. The molecule has 2 aliphatic rings. The van der Waals surface area contributed by atoms with Crippen LogP contribution in [0.3, 0.4) is 0 Å². The molecule has 0 bridgehead atoms. The highest BCUT2D eigenvalue weighted by Crippen LogP contribution is 2.11. The molecule has 2 atom stereocenters. The molecular formula is C19H38N4O5. The van der Waals surface area contributed by atoms with E-state index in [0.29, 0.717) is 13.1 Å². The van der Waals surface area contributed by atoms with Crippen LogP contribution in [0.15, 0.2) is 0 Å². The summed E-state index contributed by atoms with van der Waals surface area (Å²) >= 11 is 0. The summed E-state index contributed by atoms with van der Waals surface area (Å²) in [6, 6.07) is 0.425. The molecule has 28 heavy (non-hydrogen) atoms. The van der Waals surface area contributed by atoms with E-state index in [-0.39, 0.29) is 18.2 Å². The first-order valence-corrected chi connectivity index (χ1v) is 10.1. The van der Waals surface area contributed by atoms with E-state index in [9.17, 15) is 14.7 Å². The number of alkyl carbamates (subject to hydrolysis) is 1. The van der Waals surface area contributed by atoms with Gasteiger partial charge in [0.2, 0.25) is 0 Å². The first-order chi connectivity index (χ1) is 13.0. The molecule has 9 nitrogen and oxygen atoms in total. The molecule has 9 heteroatoms. The maximum absolute atomic E-state index is 11.5. The SMILES string of the molecule is CC(C)(C)OC(=O)NC1CCNCC1.C[C@H](O)[C@@H](O)C(=O)N1CCC(N)CC1. The topological polar surface area (TPSA) is 137 Å². The summed E-state index contributed by atoms with van der Waals surface area (Å²) in [6.07, 6.45) is 0.876. The molecule has 0 spiro atoms. The smallest absolute Gasteiger partial charge is 0.407 e. The predicted molar refractivity (Wildman–Crippen MR) is 107 cm³/mol. The van der Waals surface area contributed by atoms with Crippen LogP contribution in [-0.4, -0.2) is 83.2 Å². The Hall–Kier alpha value is -1.42. The largest absolute Gasteiger partial charge is 0.444 e. The maximum Gasteiger partial charge on any atom is 0.407 e. The number of hydrogen-bond donors (Lipinski definition) is 5. The second-order valence-corrected chi connectivity index (χ2v) is 8.52. The van der Waals surface area contributed by atoms with Crippen molar-refractivity contribution >= 4 is 12.0 Å². The number of nitrogens with zero attached hydrogens (tertiary/aromatic N) is 1. The van der Waals surface area contributed by atoms with Crippen molar-refractivity contribution in [2.24, 2.45) is 5.73 Å². The minimum Gasteiger partial charge on any atom is -0.444 e. The zero-order valence-corrected chi connectivity index (χ0v) is 17.6. The average molecular weight is 403 g/mol. The molecule has 2 heterocycles. The zero-order valence-electron chi connectivity index (χ0n) is 17.6. The zero-order chi connectivity index (χ0) is 21.3. The van der Waals surface area contributed by atoms with Crippen LogP contribution < -0.4 is 16.4 Å². The number of hydrogen-bond acceptors (Lipinski definition) is 7. The number of rotatable bonds is 3. The molecule has 6 N–H and O–H groups in total. The molecule has 0 radical (unpaired) electrons. The Morgan fingerprint density at radius 1 is 1.14 bits per heavy atom. The molecule has 2 fully saturated rings. The highest BCUT2D eigenvalue weighted by Gasteiger charge is 2.28. The standard InChI is InChI=1S/C10H20N2O2.C9H18N2O3/c1-10(2,3)14-9(13)12-8-4-6-11-7-5-8;1-6(12)8(13)9(14)11-4-2-7(10)3-5-11/h8,11H,4-7H2,1-3H3,(H,12,13);6-8,12-13H,2-5,10H2,1H3/t;6-,8+/m.0/s1. The molecule has 2 rings (SSSR count). The van der Waals surface area contributed by atoms with E-state index in [2.05, 4.69) is 10.6 Å². The van der Waals surface area contributed by atoms with Crippen LogP contribution in [0.4, 0.5) is 4.79 Å². The quantitative estimate of drug-likeness (QED) is 0.446. The van der Waals surface area contributed by atoms with Gasteiger partial charge in [-0.05, 0) is 66.5 Å². The van der Waals surface area contributed by atoms with E-state index < -0.39 is 23.7 Å². The van der Waals surface area contributed by atoms with Gasteiger partial charge in [0.25, 0.3) is 5.91 Å². The van der Waals surface area contributed by atoms with Gasteiger partial charge in [0.15, 0.2) is 6.10 Å². The normalized spacial score (nSPS) is 21.2. The second-order valence-electron chi connectivity index (χ2n) is 8.52. The fourth-order valence-corrected chi connectivity index (χ4v) is 2.95. The number of nitrogens with two attached hydrogens (primary N) is 1. The summed E-state index contributed by atoms with van der Waals surface area (Å²) in [5.41, 5.74) is 5.28. The molecule has 0 aromatic rings. The van der Waals surface area contributed by atoms with Crippen molar-refractivity contribution in [2.75, 3.05) is 26.2 Å². The van der Waals surface area contributed by atoms with Gasteiger partial charge in [0.05, 0.1) is 6.10 Å². The van der Waals surface area contributed by atoms with Crippen LogP contribution in [0, 0.1) is 0 Å². The van der Waals surface area contributed by atoms with E-state index in [0.717, 1.165) is 38.8 Å². The highest BCUT2D eigenvalue weighted by atomic mass is 16.6. The second kappa shape index (κ2) is 11.5. The van der Waals surface area contributed by atoms with Crippen molar-refractivity contribution in [3.8, 4) is 0 Å². The third-order valence-electron chi connectivity index (χ3n) is 4.62. The Kier molecular flexibility index (Phi) is 10.2. The molecule has 0 aromatic carbocycles. The lowest BCUT2D eigenvalue weighted by molar-refractivity contribution is -0.146. The molecule has 0 aliphatic carbocycles. The van der Waals surface area contributed by atoms with Gasteiger partial charge in [-0.2, -0.15) is 0 Å². The highest BCUT2D eigenvalue weighted by molar-refractivity contribution is 5.81. The number of aliphatic hydroxyl groups is 2. The molecule has 0 aromatic heterocycles. The van der Waals surface area contributed by atoms with Gasteiger partial charge in [-0.25, -0.2) is 4.79 Å². The number of piperidine rings is 2. The van der Waals surface area contributed by atoms with Crippen LogP contribution >= 0.6 is 0 Å². The first kappa shape index (κ1) is 24.6. The van der Waals surface area contributed by atoms with Crippen molar-refractivity contribution in [3.05, 3.63) is 0 Å². The summed E-state index contributed by atoms with van der Waals surface area (Å²) in [5, 5.41) is 24.5. The molecule has 0 saturated carbocycles. The summed E-state index contributed by atoms with van der Waals surface area (Å²) in [4.78, 5) is 24.5. The van der Waals surface area contributed by atoms with Crippen molar-refractivity contribution in [3.63, 3.8) is 0 Å². The molecule has 0 unspecified atom stereocenters. The van der Waals surface area contributed by atoms with E-state index >= 15 is 0 Å². The van der Waals surface area contributed by atoms with Crippen molar-refractivity contribution in [1.82, 2.24) is 15.5 Å². The van der Waals surface area contributed by atoms with Crippen LogP contribution in [-0.2, 0) is 9.53 Å². The number of amides is 2. The lowest BCUT2D eigenvalue weighted by Crippen LogP contribution is -2.49. The lowest BCUT2D eigenvalue weighted by Gasteiger charge is -2.32. The monoisotopic (exact) mass is 402 g/mol. The summed E-state index contributed by atoms with van der Waals surface area (Å²) < 4.78 is 5.17. The van der Waals surface area contributed by atoms with Gasteiger partial charge in [-0.15, -0.1) is 0 Å². The van der Waals surface area contributed by atoms with Gasteiger partial charge in [0, 0.05) is 25.2 Å². The Balaban J connectivity index is 0.000000280. The number of ether oxygens (including phenoxy) is 1. The summed E-state index contributed by atoms with van der Waals surface area (Å²) in [7, 11) is 0. The van der Waals surface area contributed by atoms with Gasteiger partial charge >= 0.3 is 6.09 Å². The van der Waals surface area contributed by atoms with E-state index in [1.54, 1.807) is 4.90 Å². The third-order valence-corrected chi connectivity index (χ3v) is 4.62. The average Bonchev–Trinajstić information content (AvgIpc) is 2.60. The number of likely N-dealkylation sites (tertiary alicyclic amines) is 1. The van der Waals surface area contributed by atoms with E-state index in [1.165, 1.54) is 6.92 Å². The fourth-order valence-electron chi connectivity index (χ4n) is 2.95. The molecule has 2 aliphatic heterocycles. The van der Waals surface area contributed by atoms with Crippen LogP contribution in [0.5, 0.6) is 0 Å². The molecule has 2 saturated heterocycles. The van der Waals surface area contributed by atoms with Crippen LogP contribution in [0.2, 0.25) is 0 Å².